The van der Waals surface area contributed by atoms with Gasteiger partial charge >= 0.3 is 0 Å². The van der Waals surface area contributed by atoms with E-state index in [9.17, 15) is 0 Å². The van der Waals surface area contributed by atoms with Crippen molar-refractivity contribution in [1.29, 1.82) is 0 Å². The molecule has 2 heteroatoms. The van der Waals surface area contributed by atoms with Crippen LogP contribution in [0.5, 0.6) is 0 Å². The van der Waals surface area contributed by atoms with Gasteiger partial charge in [0.1, 0.15) is 0 Å². The van der Waals surface area contributed by atoms with Gasteiger partial charge in [0.2, 0.25) is 0 Å². The molecule has 0 spiro atoms. The fourth-order valence-electron chi connectivity index (χ4n) is 1.58. The lowest BCUT2D eigenvalue weighted by atomic mass is 9.99. The van der Waals surface area contributed by atoms with Crippen LogP contribution in [-0.4, -0.2) is 11.9 Å². The third kappa shape index (κ3) is 1.000. The molecule has 0 radical (unpaired) electrons. The quantitative estimate of drug-likeness (QED) is 0.536. The molecule has 0 aromatic rings. The highest BCUT2D eigenvalue weighted by molar-refractivity contribution is 6.30. The highest BCUT2D eigenvalue weighted by Crippen LogP contribution is 2.37. The second-order valence-electron chi connectivity index (χ2n) is 2.93. The van der Waals surface area contributed by atoms with E-state index in [2.05, 4.69) is 23.1 Å². The van der Waals surface area contributed by atoms with Gasteiger partial charge in [-0.05, 0) is 12.5 Å². The summed E-state index contributed by atoms with van der Waals surface area (Å²) in [6, 6.07) is 0. The van der Waals surface area contributed by atoms with E-state index in [1.165, 1.54) is 5.70 Å². The van der Waals surface area contributed by atoms with Gasteiger partial charge in [0.25, 0.3) is 0 Å². The molecule has 0 aromatic carbocycles. The van der Waals surface area contributed by atoms with Crippen LogP contribution in [0.3, 0.4) is 0 Å². The zero-order valence-corrected chi connectivity index (χ0v) is 7.17. The van der Waals surface area contributed by atoms with Crippen molar-refractivity contribution in [3.63, 3.8) is 0 Å². The fraction of sp³-hybridized carbons (Fsp3) is 0.333. The molecule has 1 aliphatic heterocycles. The monoisotopic (exact) mass is 167 g/mol. The Kier molecular flexibility index (Phi) is 1.53. The van der Waals surface area contributed by atoms with Crippen LogP contribution < -0.4 is 0 Å². The van der Waals surface area contributed by atoms with Crippen LogP contribution in [0.4, 0.5) is 0 Å². The first-order valence-corrected chi connectivity index (χ1v) is 4.13. The number of nitrogens with zero attached hydrogens (tertiary/aromatic N) is 1. The SMILES string of the molecule is CN1C=C(Cl)C2CC=CC=C21. The number of rotatable bonds is 0. The van der Waals surface area contributed by atoms with Crippen LogP contribution in [0.15, 0.2) is 35.2 Å². The zero-order valence-electron chi connectivity index (χ0n) is 6.42. The zero-order chi connectivity index (χ0) is 7.84. The van der Waals surface area contributed by atoms with E-state index in [1.807, 2.05) is 13.2 Å². The first-order chi connectivity index (χ1) is 5.29. The molecule has 0 aromatic heterocycles. The van der Waals surface area contributed by atoms with Gasteiger partial charge in [0.05, 0.1) is 0 Å². The van der Waals surface area contributed by atoms with Gasteiger partial charge in [-0.2, -0.15) is 0 Å². The topological polar surface area (TPSA) is 3.24 Å². The van der Waals surface area contributed by atoms with E-state index in [4.69, 9.17) is 11.6 Å². The van der Waals surface area contributed by atoms with Crippen molar-refractivity contribution < 1.29 is 0 Å². The van der Waals surface area contributed by atoms with Gasteiger partial charge < -0.3 is 4.90 Å². The van der Waals surface area contributed by atoms with Crippen LogP contribution in [0, 0.1) is 5.92 Å². The molecule has 0 saturated heterocycles. The van der Waals surface area contributed by atoms with Crippen molar-refractivity contribution >= 4 is 11.6 Å². The molecule has 2 rings (SSSR count). The molecule has 11 heavy (non-hydrogen) atoms. The second-order valence-corrected chi connectivity index (χ2v) is 3.37. The van der Waals surface area contributed by atoms with Gasteiger partial charge in [-0.25, -0.2) is 0 Å². The molecule has 1 unspecified atom stereocenters. The molecule has 0 amide bonds. The van der Waals surface area contributed by atoms with E-state index in [1.54, 1.807) is 0 Å². The highest BCUT2D eigenvalue weighted by atomic mass is 35.5. The van der Waals surface area contributed by atoms with Crippen LogP contribution in [0.2, 0.25) is 0 Å². The second kappa shape index (κ2) is 2.42. The predicted octanol–water partition coefficient (Wildman–Crippen LogP) is 2.47. The van der Waals surface area contributed by atoms with Crippen molar-refractivity contribution in [2.75, 3.05) is 7.05 Å². The van der Waals surface area contributed by atoms with Gasteiger partial charge in [0.15, 0.2) is 0 Å². The lowest BCUT2D eigenvalue weighted by Crippen LogP contribution is -2.11. The number of hydrogen-bond acceptors (Lipinski definition) is 1. The summed E-state index contributed by atoms with van der Waals surface area (Å²) in [5.74, 6) is 0.437. The van der Waals surface area contributed by atoms with Gasteiger partial charge in [-0.15, -0.1) is 0 Å². The Labute approximate surface area is 71.6 Å². The first-order valence-electron chi connectivity index (χ1n) is 3.76. The molecule has 0 bridgehead atoms. The van der Waals surface area contributed by atoms with E-state index in [0.717, 1.165) is 11.5 Å². The largest absolute Gasteiger partial charge is 0.353 e. The molecule has 0 N–H and O–H groups in total. The van der Waals surface area contributed by atoms with Crippen molar-refractivity contribution in [3.8, 4) is 0 Å². The Morgan fingerprint density at radius 3 is 3.18 bits per heavy atom. The van der Waals surface area contributed by atoms with Gasteiger partial charge in [-0.1, -0.05) is 23.8 Å². The molecule has 0 saturated carbocycles. The average Bonchev–Trinajstić information content (AvgIpc) is 2.30. The van der Waals surface area contributed by atoms with E-state index in [0.29, 0.717) is 5.92 Å². The highest BCUT2D eigenvalue weighted by Gasteiger charge is 2.26. The molecule has 1 nitrogen and oxygen atoms in total. The summed E-state index contributed by atoms with van der Waals surface area (Å²) in [4.78, 5) is 2.09. The van der Waals surface area contributed by atoms with Crippen molar-refractivity contribution in [2.45, 2.75) is 6.42 Å². The third-order valence-corrected chi connectivity index (χ3v) is 2.55. The van der Waals surface area contributed by atoms with Gasteiger partial charge in [0, 0.05) is 29.9 Å². The Bertz CT molecular complexity index is 263. The Hall–Kier alpha value is -0.690. The van der Waals surface area contributed by atoms with Crippen LogP contribution in [0.25, 0.3) is 0 Å². The Balaban J connectivity index is 2.35. The summed E-state index contributed by atoms with van der Waals surface area (Å²) >= 11 is 6.03. The van der Waals surface area contributed by atoms with Crippen molar-refractivity contribution in [1.82, 2.24) is 4.90 Å². The molecular weight excluding hydrogens is 158 g/mol. The smallest absolute Gasteiger partial charge is 0.0435 e. The van der Waals surface area contributed by atoms with Crippen molar-refractivity contribution in [2.24, 2.45) is 5.92 Å². The number of fused-ring (bicyclic) bond motifs is 1. The van der Waals surface area contributed by atoms with E-state index in [-0.39, 0.29) is 0 Å². The molecule has 1 aliphatic carbocycles. The Morgan fingerprint density at radius 1 is 1.64 bits per heavy atom. The summed E-state index contributed by atoms with van der Waals surface area (Å²) in [6.07, 6.45) is 9.41. The standard InChI is InChI=1S/C9H10ClN/c1-11-6-8(10)7-4-2-3-5-9(7)11/h2-3,5-7H,4H2,1H3. The summed E-state index contributed by atoms with van der Waals surface area (Å²) in [5.41, 5.74) is 1.32. The Morgan fingerprint density at radius 2 is 2.45 bits per heavy atom. The summed E-state index contributed by atoms with van der Waals surface area (Å²) in [7, 11) is 2.04. The van der Waals surface area contributed by atoms with Crippen LogP contribution in [-0.2, 0) is 0 Å². The minimum Gasteiger partial charge on any atom is -0.353 e. The minimum absolute atomic E-state index is 0.437. The van der Waals surface area contributed by atoms with Gasteiger partial charge in [-0.3, -0.25) is 0 Å². The van der Waals surface area contributed by atoms with E-state index >= 15 is 0 Å². The lowest BCUT2D eigenvalue weighted by Gasteiger charge is -2.18. The molecule has 1 atom stereocenters. The molecular formula is C9H10ClN. The lowest BCUT2D eigenvalue weighted by molar-refractivity contribution is 0.533. The molecule has 0 fully saturated rings. The molecule has 58 valence electrons. The number of allylic oxidation sites excluding steroid dienone is 4. The van der Waals surface area contributed by atoms with Crippen molar-refractivity contribution in [3.05, 3.63) is 35.2 Å². The minimum atomic E-state index is 0.437. The maximum atomic E-state index is 6.03. The normalized spacial score (nSPS) is 28.2. The fourth-order valence-corrected chi connectivity index (χ4v) is 1.93. The molecule has 2 aliphatic rings. The maximum Gasteiger partial charge on any atom is 0.0435 e. The first kappa shape index (κ1) is 6.99. The predicted molar refractivity (Wildman–Crippen MR) is 47.0 cm³/mol. The van der Waals surface area contributed by atoms with Crippen LogP contribution >= 0.6 is 11.6 Å². The number of halogens is 1. The maximum absolute atomic E-state index is 6.03. The molecule has 1 heterocycles. The summed E-state index contributed by atoms with van der Waals surface area (Å²) < 4.78 is 0. The summed E-state index contributed by atoms with van der Waals surface area (Å²) in [6.45, 7) is 0. The number of hydrogen-bond donors (Lipinski definition) is 0. The van der Waals surface area contributed by atoms with Crippen LogP contribution in [0.1, 0.15) is 6.42 Å². The third-order valence-electron chi connectivity index (χ3n) is 2.19. The summed E-state index contributed by atoms with van der Waals surface area (Å²) in [5, 5.41) is 0.961. The average molecular weight is 168 g/mol. The van der Waals surface area contributed by atoms with E-state index < -0.39 is 0 Å².